The van der Waals surface area contributed by atoms with E-state index in [1.165, 1.54) is 18.2 Å². The molecular formula is C14H14FNO4. The number of benzene rings is 1. The van der Waals surface area contributed by atoms with Gasteiger partial charge in [0.1, 0.15) is 11.6 Å². The molecule has 6 heteroatoms. The number of carbonyl (C=O) groups excluding carboxylic acids is 1. The molecule has 0 saturated heterocycles. The Kier molecular flexibility index (Phi) is 4.34. The zero-order chi connectivity index (χ0) is 14.5. The number of aliphatic carboxylic acids is 1. The lowest BCUT2D eigenvalue weighted by Crippen LogP contribution is -2.30. The molecule has 0 heterocycles. The van der Waals surface area contributed by atoms with E-state index in [0.717, 1.165) is 25.0 Å². The molecule has 1 saturated carbocycles. The van der Waals surface area contributed by atoms with Crippen LogP contribution in [0.2, 0.25) is 0 Å². The lowest BCUT2D eigenvalue weighted by molar-refractivity contribution is -0.131. The summed E-state index contributed by atoms with van der Waals surface area (Å²) in [5, 5.41) is 11.3. The van der Waals surface area contributed by atoms with E-state index in [1.54, 1.807) is 0 Å². The summed E-state index contributed by atoms with van der Waals surface area (Å²) in [5.41, 5.74) is 0.352. The van der Waals surface area contributed by atoms with E-state index in [-0.39, 0.29) is 24.3 Å². The maximum absolute atomic E-state index is 13.3. The second-order valence-electron chi connectivity index (χ2n) is 4.52. The van der Waals surface area contributed by atoms with E-state index in [9.17, 15) is 14.0 Å². The number of carboxylic acid groups (broad SMARTS) is 1. The van der Waals surface area contributed by atoms with Crippen molar-refractivity contribution in [2.24, 2.45) is 0 Å². The van der Waals surface area contributed by atoms with Crippen LogP contribution in [-0.2, 0) is 9.59 Å². The summed E-state index contributed by atoms with van der Waals surface area (Å²) in [6.45, 7) is -0.192. The molecule has 0 aliphatic heterocycles. The Labute approximate surface area is 115 Å². The van der Waals surface area contributed by atoms with E-state index in [1.807, 2.05) is 0 Å². The molecule has 0 aromatic heterocycles. The summed E-state index contributed by atoms with van der Waals surface area (Å²) in [6.07, 6.45) is 4.12. The Morgan fingerprint density at radius 3 is 2.80 bits per heavy atom. The molecule has 0 bridgehead atoms. The van der Waals surface area contributed by atoms with Crippen LogP contribution < -0.4 is 10.1 Å². The summed E-state index contributed by atoms with van der Waals surface area (Å²) in [6, 6.07) is 4.03. The van der Waals surface area contributed by atoms with Crippen molar-refractivity contribution in [1.29, 1.82) is 0 Å². The fraction of sp³-hybridized carbons (Fsp3) is 0.286. The summed E-state index contributed by atoms with van der Waals surface area (Å²) in [4.78, 5) is 21.8. The number of rotatable bonds is 6. The van der Waals surface area contributed by atoms with Crippen LogP contribution in [0, 0.1) is 5.82 Å². The van der Waals surface area contributed by atoms with Crippen molar-refractivity contribution in [1.82, 2.24) is 5.32 Å². The maximum atomic E-state index is 13.3. The number of hydrogen-bond acceptors (Lipinski definition) is 3. The predicted octanol–water partition coefficient (Wildman–Crippen LogP) is 1.58. The first-order valence-electron chi connectivity index (χ1n) is 6.17. The largest absolute Gasteiger partial charge is 0.484 e. The molecule has 106 valence electrons. The number of nitrogens with one attached hydrogen (secondary N) is 1. The third-order valence-corrected chi connectivity index (χ3v) is 2.62. The van der Waals surface area contributed by atoms with Crippen molar-refractivity contribution in [3.05, 3.63) is 35.7 Å². The lowest BCUT2D eigenvalue weighted by atomic mass is 10.2. The van der Waals surface area contributed by atoms with Crippen LogP contribution >= 0.6 is 0 Å². The third kappa shape index (κ3) is 4.72. The van der Waals surface area contributed by atoms with Gasteiger partial charge in [-0.05, 0) is 36.6 Å². The number of halogens is 1. The molecule has 1 aromatic carbocycles. The van der Waals surface area contributed by atoms with Gasteiger partial charge in [0.2, 0.25) is 0 Å². The number of carbonyl (C=O) groups is 2. The smallest absolute Gasteiger partial charge is 0.328 e. The Balaban J connectivity index is 1.95. The molecule has 0 radical (unpaired) electrons. The number of ether oxygens (including phenoxy) is 1. The highest BCUT2D eigenvalue weighted by Crippen LogP contribution is 2.19. The third-order valence-electron chi connectivity index (χ3n) is 2.62. The molecule has 20 heavy (non-hydrogen) atoms. The minimum absolute atomic E-state index is 0.181. The second kappa shape index (κ2) is 6.18. The fourth-order valence-corrected chi connectivity index (χ4v) is 1.58. The van der Waals surface area contributed by atoms with E-state index < -0.39 is 11.8 Å². The SMILES string of the molecule is O=C(O)/C=C/c1cc(F)cc(OCC(=O)NC2CC2)c1. The van der Waals surface area contributed by atoms with Gasteiger partial charge in [-0.2, -0.15) is 0 Å². The van der Waals surface area contributed by atoms with Crippen LogP contribution in [0.3, 0.4) is 0 Å². The Morgan fingerprint density at radius 2 is 2.15 bits per heavy atom. The summed E-state index contributed by atoms with van der Waals surface area (Å²) >= 11 is 0. The Morgan fingerprint density at radius 1 is 1.40 bits per heavy atom. The van der Waals surface area contributed by atoms with Crippen molar-refractivity contribution in [2.45, 2.75) is 18.9 Å². The highest BCUT2D eigenvalue weighted by Gasteiger charge is 2.23. The molecule has 0 spiro atoms. The van der Waals surface area contributed by atoms with Crippen LogP contribution in [0.25, 0.3) is 6.08 Å². The molecule has 1 aromatic rings. The molecule has 0 atom stereocenters. The molecule has 1 aliphatic carbocycles. The standard InChI is InChI=1S/C14H14FNO4/c15-10-5-9(1-4-14(18)19)6-12(7-10)20-8-13(17)16-11-2-3-11/h1,4-7,11H,2-3,8H2,(H,16,17)(H,18,19)/b4-1+. The fourth-order valence-electron chi connectivity index (χ4n) is 1.58. The monoisotopic (exact) mass is 279 g/mol. The molecule has 1 aliphatic rings. The van der Waals surface area contributed by atoms with Crippen LogP contribution in [0.1, 0.15) is 18.4 Å². The number of amides is 1. The van der Waals surface area contributed by atoms with Gasteiger partial charge in [0, 0.05) is 18.2 Å². The van der Waals surface area contributed by atoms with Crippen molar-refractivity contribution in [2.75, 3.05) is 6.61 Å². The highest BCUT2D eigenvalue weighted by atomic mass is 19.1. The summed E-state index contributed by atoms with van der Waals surface area (Å²) in [7, 11) is 0. The van der Waals surface area contributed by atoms with Crippen LogP contribution in [0.5, 0.6) is 5.75 Å². The molecular weight excluding hydrogens is 265 g/mol. The van der Waals surface area contributed by atoms with Crippen LogP contribution in [0.4, 0.5) is 4.39 Å². The molecule has 2 N–H and O–H groups in total. The van der Waals surface area contributed by atoms with Crippen molar-refractivity contribution >= 4 is 18.0 Å². The molecule has 1 fully saturated rings. The molecule has 2 rings (SSSR count). The summed E-state index contributed by atoms with van der Waals surface area (Å²) < 4.78 is 18.5. The number of carboxylic acids is 1. The first-order valence-corrected chi connectivity index (χ1v) is 6.17. The van der Waals surface area contributed by atoms with Gasteiger partial charge in [-0.3, -0.25) is 4.79 Å². The minimum Gasteiger partial charge on any atom is -0.484 e. The van der Waals surface area contributed by atoms with Crippen LogP contribution in [0.15, 0.2) is 24.3 Å². The average molecular weight is 279 g/mol. The first-order chi connectivity index (χ1) is 9.52. The Bertz CT molecular complexity index is 552. The number of hydrogen-bond donors (Lipinski definition) is 2. The van der Waals surface area contributed by atoms with Crippen molar-refractivity contribution < 1.29 is 23.8 Å². The van der Waals surface area contributed by atoms with Gasteiger partial charge in [-0.15, -0.1) is 0 Å². The van der Waals surface area contributed by atoms with E-state index in [0.29, 0.717) is 5.56 Å². The van der Waals surface area contributed by atoms with Gasteiger partial charge in [0.25, 0.3) is 5.91 Å². The molecule has 1 amide bonds. The lowest BCUT2D eigenvalue weighted by Gasteiger charge is -2.07. The van der Waals surface area contributed by atoms with Crippen molar-refractivity contribution in [3.63, 3.8) is 0 Å². The maximum Gasteiger partial charge on any atom is 0.328 e. The van der Waals surface area contributed by atoms with Gasteiger partial charge in [0.15, 0.2) is 6.61 Å². The van der Waals surface area contributed by atoms with Gasteiger partial charge in [0.05, 0.1) is 0 Å². The van der Waals surface area contributed by atoms with Crippen molar-refractivity contribution in [3.8, 4) is 5.75 Å². The molecule has 0 unspecified atom stereocenters. The van der Waals surface area contributed by atoms with Gasteiger partial charge in [-0.25, -0.2) is 9.18 Å². The zero-order valence-electron chi connectivity index (χ0n) is 10.6. The average Bonchev–Trinajstić information content (AvgIpc) is 3.17. The Hall–Kier alpha value is -2.37. The normalized spacial score (nSPS) is 14.2. The zero-order valence-corrected chi connectivity index (χ0v) is 10.6. The van der Waals surface area contributed by atoms with E-state index in [4.69, 9.17) is 9.84 Å². The van der Waals surface area contributed by atoms with Gasteiger partial charge in [-0.1, -0.05) is 0 Å². The van der Waals surface area contributed by atoms with Gasteiger partial charge >= 0.3 is 5.97 Å². The van der Waals surface area contributed by atoms with E-state index >= 15 is 0 Å². The van der Waals surface area contributed by atoms with E-state index in [2.05, 4.69) is 5.32 Å². The van der Waals surface area contributed by atoms with Gasteiger partial charge < -0.3 is 15.2 Å². The quantitative estimate of drug-likeness (QED) is 0.775. The summed E-state index contributed by atoms with van der Waals surface area (Å²) in [5.74, 6) is -1.75. The minimum atomic E-state index is -1.12. The topological polar surface area (TPSA) is 75.6 Å². The second-order valence-corrected chi connectivity index (χ2v) is 4.52. The molecule has 5 nitrogen and oxygen atoms in total. The predicted molar refractivity (Wildman–Crippen MR) is 69.7 cm³/mol. The van der Waals surface area contributed by atoms with Crippen LogP contribution in [-0.4, -0.2) is 29.6 Å². The highest BCUT2D eigenvalue weighted by molar-refractivity contribution is 5.85. The first kappa shape index (κ1) is 14.0.